The van der Waals surface area contributed by atoms with Crippen molar-refractivity contribution in [3.8, 4) is 0 Å². The lowest BCUT2D eigenvalue weighted by Gasteiger charge is -2.44. The molecule has 0 heterocycles. The van der Waals surface area contributed by atoms with Crippen molar-refractivity contribution >= 4 is 22.2 Å². The van der Waals surface area contributed by atoms with Gasteiger partial charge in [-0.3, -0.25) is 15.8 Å². The molecule has 8 nitrogen and oxygen atoms in total. The summed E-state index contributed by atoms with van der Waals surface area (Å²) in [6.07, 6.45) is 3.28. The van der Waals surface area contributed by atoms with Crippen LogP contribution in [0.3, 0.4) is 0 Å². The molecule has 0 aromatic carbocycles. The molecule has 2 fully saturated rings. The van der Waals surface area contributed by atoms with E-state index in [-0.39, 0.29) is 29.5 Å². The molecular formula is C10H20N2O6S2. The van der Waals surface area contributed by atoms with Crippen molar-refractivity contribution in [2.24, 2.45) is 17.7 Å². The maximum atomic E-state index is 11.4. The number of nitrogens with two attached hydrogens (primary N) is 1. The van der Waals surface area contributed by atoms with Gasteiger partial charge in [-0.05, 0) is 43.9 Å². The lowest BCUT2D eigenvalue weighted by atomic mass is 9.69. The van der Waals surface area contributed by atoms with Crippen molar-refractivity contribution in [3.05, 3.63) is 0 Å². The molecule has 2 aliphatic carbocycles. The summed E-state index contributed by atoms with van der Waals surface area (Å²) in [6.45, 7) is 0. The monoisotopic (exact) mass is 328 g/mol. The number of hydrogen-bond acceptors (Lipinski definition) is 8. The van der Waals surface area contributed by atoms with Gasteiger partial charge >= 0.3 is 0 Å². The maximum Gasteiger partial charge on any atom is 0.267 e. The number of nitrogens with one attached hydrogen (secondary N) is 1. The van der Waals surface area contributed by atoms with E-state index in [1.54, 1.807) is 0 Å². The number of fused-ring (bicyclic) bond motifs is 1. The molecule has 0 aromatic heterocycles. The minimum absolute atomic E-state index is 0.144. The van der Waals surface area contributed by atoms with E-state index in [0.717, 1.165) is 31.3 Å². The Balaban J connectivity index is 2.11. The molecule has 0 amide bonds. The first-order chi connectivity index (χ1) is 9.45. The fourth-order valence-electron chi connectivity index (χ4n) is 3.49. The van der Waals surface area contributed by atoms with Gasteiger partial charge in [-0.25, -0.2) is 5.26 Å². The third-order valence-corrected chi connectivity index (χ3v) is 6.59. The fourth-order valence-corrected chi connectivity index (χ4v) is 5.50. The molecule has 2 aliphatic rings. The standard InChI is InChI=1S/C10H20N2O6S2/c11-12-7-1-2-9-6(3-7)4-8(20(14,15)16)5-10(9)19-18-17-13/h6-10,12-13H,1-5,11H2,(H,14,15,16). The summed E-state index contributed by atoms with van der Waals surface area (Å²) in [4.78, 5) is 0. The SMILES string of the molecule is NNC1CCC2C(C1)CC(S(=O)(=O)O)CC2SOOO. The zero-order valence-electron chi connectivity index (χ0n) is 10.8. The van der Waals surface area contributed by atoms with Gasteiger partial charge in [0.1, 0.15) is 0 Å². The van der Waals surface area contributed by atoms with Crippen molar-refractivity contribution in [2.45, 2.75) is 48.6 Å². The Morgan fingerprint density at radius 1 is 1.25 bits per heavy atom. The third kappa shape index (κ3) is 3.83. The predicted octanol–water partition coefficient (Wildman–Crippen LogP) is 0.723. The summed E-state index contributed by atoms with van der Waals surface area (Å²) in [7, 11) is -4.08. The zero-order chi connectivity index (χ0) is 14.8. The van der Waals surface area contributed by atoms with E-state index in [1.807, 2.05) is 0 Å². The molecule has 5 atom stereocenters. The second-order valence-electron chi connectivity index (χ2n) is 5.49. The molecule has 2 saturated carbocycles. The molecule has 0 radical (unpaired) electrons. The van der Waals surface area contributed by atoms with Crippen LogP contribution in [0.25, 0.3) is 0 Å². The first-order valence-corrected chi connectivity index (χ1v) is 8.82. The largest absolute Gasteiger partial charge is 0.285 e. The number of hydrogen-bond donors (Lipinski definition) is 4. The topological polar surface area (TPSA) is 131 Å². The van der Waals surface area contributed by atoms with Gasteiger partial charge in [0.25, 0.3) is 10.1 Å². The summed E-state index contributed by atoms with van der Waals surface area (Å²) in [5.74, 6) is 5.87. The predicted molar refractivity (Wildman–Crippen MR) is 72.7 cm³/mol. The van der Waals surface area contributed by atoms with Crippen LogP contribution in [0.1, 0.15) is 32.1 Å². The summed E-state index contributed by atoms with van der Waals surface area (Å²) in [6, 6.07) is 0.164. The van der Waals surface area contributed by atoms with Crippen LogP contribution >= 0.6 is 12.0 Å². The minimum atomic E-state index is -4.08. The first kappa shape index (κ1) is 16.4. The van der Waals surface area contributed by atoms with Crippen molar-refractivity contribution in [1.29, 1.82) is 0 Å². The van der Waals surface area contributed by atoms with Crippen LogP contribution in [0.2, 0.25) is 0 Å². The normalized spacial score (nSPS) is 38.5. The first-order valence-electron chi connectivity index (χ1n) is 6.51. The van der Waals surface area contributed by atoms with Gasteiger partial charge in [-0.1, -0.05) is 5.04 Å². The van der Waals surface area contributed by atoms with Crippen molar-refractivity contribution < 1.29 is 27.6 Å². The van der Waals surface area contributed by atoms with Crippen LogP contribution in [0.5, 0.6) is 0 Å². The van der Waals surface area contributed by atoms with E-state index in [4.69, 9.17) is 11.1 Å². The van der Waals surface area contributed by atoms with E-state index in [2.05, 4.69) is 14.8 Å². The van der Waals surface area contributed by atoms with Crippen LogP contribution in [0.15, 0.2) is 0 Å². The fraction of sp³-hybridized carbons (Fsp3) is 1.00. The minimum Gasteiger partial charge on any atom is -0.285 e. The van der Waals surface area contributed by atoms with Crippen molar-refractivity contribution in [3.63, 3.8) is 0 Å². The zero-order valence-corrected chi connectivity index (χ0v) is 12.5. The molecular weight excluding hydrogens is 308 g/mol. The number of rotatable bonds is 5. The Bertz CT molecular complexity index is 412. The molecule has 0 aliphatic heterocycles. The molecule has 10 heteroatoms. The molecule has 0 aromatic rings. The second-order valence-corrected chi connectivity index (χ2v) is 8.12. The van der Waals surface area contributed by atoms with E-state index in [9.17, 15) is 13.0 Å². The van der Waals surface area contributed by atoms with Gasteiger partial charge in [0.15, 0.2) is 0 Å². The molecule has 2 rings (SSSR count). The molecule has 0 bridgehead atoms. The highest BCUT2D eigenvalue weighted by Gasteiger charge is 2.45. The highest BCUT2D eigenvalue weighted by molar-refractivity contribution is 7.95. The van der Waals surface area contributed by atoms with Crippen molar-refractivity contribution in [1.82, 2.24) is 5.43 Å². The molecule has 0 spiro atoms. The van der Waals surface area contributed by atoms with Crippen molar-refractivity contribution in [2.75, 3.05) is 0 Å². The molecule has 0 saturated heterocycles. The Labute approximate surface area is 122 Å². The van der Waals surface area contributed by atoms with Crippen LogP contribution in [-0.4, -0.2) is 34.8 Å². The molecule has 5 N–H and O–H groups in total. The van der Waals surface area contributed by atoms with E-state index >= 15 is 0 Å². The Hall–Kier alpha value is 0.0600. The van der Waals surface area contributed by atoms with Gasteiger partial charge in [0.05, 0.1) is 5.25 Å². The molecule has 20 heavy (non-hydrogen) atoms. The van der Waals surface area contributed by atoms with Gasteiger partial charge < -0.3 is 0 Å². The lowest BCUT2D eigenvalue weighted by Crippen LogP contribution is -2.48. The van der Waals surface area contributed by atoms with E-state index in [1.165, 1.54) is 0 Å². The maximum absolute atomic E-state index is 11.4. The van der Waals surface area contributed by atoms with Gasteiger partial charge in [0.2, 0.25) is 0 Å². The number of hydrazine groups is 1. The lowest BCUT2D eigenvalue weighted by molar-refractivity contribution is -0.432. The highest BCUT2D eigenvalue weighted by atomic mass is 32.2. The van der Waals surface area contributed by atoms with Crippen LogP contribution in [0.4, 0.5) is 0 Å². The molecule has 118 valence electrons. The van der Waals surface area contributed by atoms with Crippen LogP contribution in [-0.2, 0) is 19.5 Å². The summed E-state index contributed by atoms with van der Waals surface area (Å²) >= 11 is 0.912. The van der Waals surface area contributed by atoms with Gasteiger partial charge in [-0.15, -0.1) is 4.33 Å². The Morgan fingerprint density at radius 3 is 2.60 bits per heavy atom. The van der Waals surface area contributed by atoms with Gasteiger partial charge in [0, 0.05) is 23.3 Å². The quantitative estimate of drug-likeness (QED) is 0.189. The Kier molecular flexibility index (Phi) is 5.65. The van der Waals surface area contributed by atoms with E-state index in [0.29, 0.717) is 6.42 Å². The average Bonchev–Trinajstić information content (AvgIpc) is 2.42. The summed E-state index contributed by atoms with van der Waals surface area (Å²) in [5.41, 5.74) is 2.73. The van der Waals surface area contributed by atoms with Crippen LogP contribution in [0, 0.1) is 11.8 Å². The van der Waals surface area contributed by atoms with Crippen LogP contribution < -0.4 is 11.3 Å². The summed E-state index contributed by atoms with van der Waals surface area (Å²) < 4.78 is 36.6. The second kappa shape index (κ2) is 6.88. The van der Waals surface area contributed by atoms with Gasteiger partial charge in [-0.2, -0.15) is 8.42 Å². The third-order valence-electron chi connectivity index (χ3n) is 4.43. The van der Waals surface area contributed by atoms with E-state index < -0.39 is 15.4 Å². The smallest absolute Gasteiger partial charge is 0.267 e. The Morgan fingerprint density at radius 2 is 2.00 bits per heavy atom. The summed E-state index contributed by atoms with van der Waals surface area (Å²) in [5, 5.41) is 10.9. The highest BCUT2D eigenvalue weighted by Crippen LogP contribution is 2.46. The molecule has 5 unspecified atom stereocenters. The average molecular weight is 328 g/mol.